The molecule has 2 atom stereocenters. The minimum absolute atomic E-state index is 0.201. The predicted octanol–water partition coefficient (Wildman–Crippen LogP) is 3.51. The lowest BCUT2D eigenvalue weighted by Gasteiger charge is -2.23. The molecule has 1 aromatic rings. The first kappa shape index (κ1) is 14.9. The molecule has 0 bridgehead atoms. The van der Waals surface area contributed by atoms with Gasteiger partial charge in [-0.15, -0.1) is 0 Å². The van der Waals surface area contributed by atoms with Gasteiger partial charge < -0.3 is 9.47 Å². The molecule has 1 aliphatic heterocycles. The van der Waals surface area contributed by atoms with Crippen molar-refractivity contribution in [3.05, 3.63) is 35.4 Å². The Kier molecular flexibility index (Phi) is 5.45. The molecule has 20 heavy (non-hydrogen) atoms. The lowest BCUT2D eigenvalue weighted by Crippen LogP contribution is -2.23. The van der Waals surface area contributed by atoms with Gasteiger partial charge in [0.05, 0.1) is 18.6 Å². The van der Waals surface area contributed by atoms with Crippen LogP contribution in [-0.2, 0) is 9.47 Å². The molecule has 0 N–H and O–H groups in total. The van der Waals surface area contributed by atoms with Crippen LogP contribution in [0.25, 0.3) is 0 Å². The summed E-state index contributed by atoms with van der Waals surface area (Å²) in [5.74, 6) is -2.34. The van der Waals surface area contributed by atoms with Crippen LogP contribution in [0.1, 0.15) is 37.2 Å². The molecule has 1 aliphatic rings. The molecule has 1 fully saturated rings. The third-order valence-electron chi connectivity index (χ3n) is 3.35. The fraction of sp³-hybridized carbons (Fsp3) is 0.533. The zero-order chi connectivity index (χ0) is 14.4. The van der Waals surface area contributed by atoms with E-state index in [4.69, 9.17) is 14.7 Å². The average Bonchev–Trinajstić information content (AvgIpc) is 2.48. The summed E-state index contributed by atoms with van der Waals surface area (Å²) in [6, 6.07) is 5.64. The zero-order valence-electron chi connectivity index (χ0n) is 11.1. The van der Waals surface area contributed by atoms with Gasteiger partial charge in [0.15, 0.2) is 17.9 Å². The van der Waals surface area contributed by atoms with E-state index < -0.39 is 17.6 Å². The van der Waals surface area contributed by atoms with Crippen LogP contribution in [0.2, 0.25) is 0 Å². The summed E-state index contributed by atoms with van der Waals surface area (Å²) in [6.45, 7) is 1.07. The first-order valence-electron chi connectivity index (χ1n) is 6.78. The summed E-state index contributed by atoms with van der Waals surface area (Å²) in [5.41, 5.74) is 0.472. The Bertz CT molecular complexity index is 481. The van der Waals surface area contributed by atoms with Crippen LogP contribution in [0.5, 0.6) is 0 Å². The molecule has 0 aromatic heterocycles. The Morgan fingerprint density at radius 3 is 2.85 bits per heavy atom. The van der Waals surface area contributed by atoms with E-state index in [1.165, 1.54) is 6.07 Å². The predicted molar refractivity (Wildman–Crippen MR) is 68.9 cm³/mol. The normalized spacial score (nSPS) is 20.4. The van der Waals surface area contributed by atoms with E-state index >= 15 is 0 Å². The Balaban J connectivity index is 1.85. The molecule has 0 aliphatic carbocycles. The molecule has 2 rings (SSSR count). The Morgan fingerprint density at radius 2 is 2.20 bits per heavy atom. The summed E-state index contributed by atoms with van der Waals surface area (Å²) >= 11 is 0. The van der Waals surface area contributed by atoms with Crippen molar-refractivity contribution >= 4 is 0 Å². The van der Waals surface area contributed by atoms with Crippen LogP contribution in [0.3, 0.4) is 0 Å². The molecular formula is C15H17F2NO2. The number of halogens is 2. The highest BCUT2D eigenvalue weighted by molar-refractivity contribution is 5.26. The van der Waals surface area contributed by atoms with Gasteiger partial charge in [-0.1, -0.05) is 6.07 Å². The van der Waals surface area contributed by atoms with Gasteiger partial charge in [0.25, 0.3) is 0 Å². The van der Waals surface area contributed by atoms with Crippen molar-refractivity contribution in [1.29, 1.82) is 5.26 Å². The summed E-state index contributed by atoms with van der Waals surface area (Å²) in [6.07, 6.45) is 3.22. The Hall–Kier alpha value is -1.51. The highest BCUT2D eigenvalue weighted by atomic mass is 19.2. The fourth-order valence-electron chi connectivity index (χ4n) is 2.19. The Labute approximate surface area is 117 Å². The lowest BCUT2D eigenvalue weighted by molar-refractivity contribution is -0.162. The number of ether oxygens (including phenoxy) is 2. The number of benzene rings is 1. The van der Waals surface area contributed by atoms with E-state index in [2.05, 4.69) is 6.07 Å². The van der Waals surface area contributed by atoms with Crippen molar-refractivity contribution in [3.8, 4) is 6.07 Å². The SMILES string of the molecule is N#CC(CCOC1CCCCO1)c1ccc(F)c(F)c1. The third-order valence-corrected chi connectivity index (χ3v) is 3.35. The first-order chi connectivity index (χ1) is 9.70. The first-order valence-corrected chi connectivity index (χ1v) is 6.78. The van der Waals surface area contributed by atoms with Gasteiger partial charge in [0.2, 0.25) is 0 Å². The molecule has 1 heterocycles. The van der Waals surface area contributed by atoms with Gasteiger partial charge in [-0.25, -0.2) is 8.78 Å². The molecule has 5 heteroatoms. The van der Waals surface area contributed by atoms with E-state index in [1.54, 1.807) is 0 Å². The van der Waals surface area contributed by atoms with Crippen LogP contribution < -0.4 is 0 Å². The van der Waals surface area contributed by atoms with Gasteiger partial charge in [0, 0.05) is 6.61 Å². The second-order valence-electron chi connectivity index (χ2n) is 4.81. The van der Waals surface area contributed by atoms with Crippen molar-refractivity contribution in [2.24, 2.45) is 0 Å². The summed E-state index contributed by atoms with van der Waals surface area (Å²) < 4.78 is 37.0. The topological polar surface area (TPSA) is 42.2 Å². The van der Waals surface area contributed by atoms with Gasteiger partial charge in [0.1, 0.15) is 0 Å². The third kappa shape index (κ3) is 3.99. The fourth-order valence-corrected chi connectivity index (χ4v) is 2.19. The second kappa shape index (κ2) is 7.32. The second-order valence-corrected chi connectivity index (χ2v) is 4.81. The van der Waals surface area contributed by atoms with Crippen LogP contribution >= 0.6 is 0 Å². The van der Waals surface area contributed by atoms with Gasteiger partial charge in [-0.3, -0.25) is 0 Å². The van der Waals surface area contributed by atoms with E-state index in [0.29, 0.717) is 25.2 Å². The number of hydrogen-bond donors (Lipinski definition) is 0. The van der Waals surface area contributed by atoms with E-state index in [-0.39, 0.29) is 6.29 Å². The molecule has 0 amide bonds. The van der Waals surface area contributed by atoms with Crippen LogP contribution in [0.4, 0.5) is 8.78 Å². The minimum atomic E-state index is -0.931. The van der Waals surface area contributed by atoms with Crippen molar-refractivity contribution in [2.45, 2.75) is 37.9 Å². The van der Waals surface area contributed by atoms with Crippen molar-refractivity contribution in [2.75, 3.05) is 13.2 Å². The quantitative estimate of drug-likeness (QED) is 0.829. The zero-order valence-corrected chi connectivity index (χ0v) is 11.1. The monoisotopic (exact) mass is 281 g/mol. The van der Waals surface area contributed by atoms with E-state index in [0.717, 1.165) is 31.4 Å². The minimum Gasteiger partial charge on any atom is -0.353 e. The lowest BCUT2D eigenvalue weighted by atomic mass is 9.97. The van der Waals surface area contributed by atoms with Crippen molar-refractivity contribution in [1.82, 2.24) is 0 Å². The van der Waals surface area contributed by atoms with E-state index in [9.17, 15) is 8.78 Å². The Morgan fingerprint density at radius 1 is 1.35 bits per heavy atom. The number of nitrogens with zero attached hydrogens (tertiary/aromatic N) is 1. The molecule has 0 saturated carbocycles. The van der Waals surface area contributed by atoms with Crippen LogP contribution in [0, 0.1) is 23.0 Å². The number of hydrogen-bond acceptors (Lipinski definition) is 3. The van der Waals surface area contributed by atoms with Crippen molar-refractivity contribution < 1.29 is 18.3 Å². The van der Waals surface area contributed by atoms with Gasteiger partial charge in [-0.2, -0.15) is 5.26 Å². The maximum atomic E-state index is 13.2. The summed E-state index contributed by atoms with van der Waals surface area (Å²) in [4.78, 5) is 0. The number of rotatable bonds is 5. The molecule has 0 radical (unpaired) electrons. The summed E-state index contributed by atoms with van der Waals surface area (Å²) in [5, 5.41) is 9.12. The maximum Gasteiger partial charge on any atom is 0.159 e. The molecule has 3 nitrogen and oxygen atoms in total. The van der Waals surface area contributed by atoms with Gasteiger partial charge >= 0.3 is 0 Å². The van der Waals surface area contributed by atoms with E-state index in [1.807, 2.05) is 0 Å². The van der Waals surface area contributed by atoms with Crippen LogP contribution in [0.15, 0.2) is 18.2 Å². The van der Waals surface area contributed by atoms with Crippen LogP contribution in [-0.4, -0.2) is 19.5 Å². The average molecular weight is 281 g/mol. The summed E-state index contributed by atoms with van der Waals surface area (Å²) in [7, 11) is 0. The smallest absolute Gasteiger partial charge is 0.159 e. The molecular weight excluding hydrogens is 264 g/mol. The molecule has 1 saturated heterocycles. The molecule has 0 spiro atoms. The molecule has 1 aromatic carbocycles. The largest absolute Gasteiger partial charge is 0.353 e. The maximum absolute atomic E-state index is 13.2. The van der Waals surface area contributed by atoms with Crippen molar-refractivity contribution in [3.63, 3.8) is 0 Å². The highest BCUT2D eigenvalue weighted by Gasteiger charge is 2.17. The standard InChI is InChI=1S/C15H17F2NO2/c16-13-5-4-11(9-14(13)17)12(10-18)6-8-20-15-3-1-2-7-19-15/h4-5,9,12,15H,1-3,6-8H2. The number of nitriles is 1. The van der Waals surface area contributed by atoms with Gasteiger partial charge in [-0.05, 0) is 43.4 Å². The highest BCUT2D eigenvalue weighted by Crippen LogP contribution is 2.22. The molecule has 108 valence electrons. The molecule has 2 unspecified atom stereocenters.